The lowest BCUT2D eigenvalue weighted by atomic mass is 9.72. The van der Waals surface area contributed by atoms with Gasteiger partial charge in [-0.05, 0) is 44.7 Å². The van der Waals surface area contributed by atoms with Gasteiger partial charge < -0.3 is 14.5 Å². The summed E-state index contributed by atoms with van der Waals surface area (Å²) in [4.78, 5) is 31.7. The molecule has 2 fully saturated rings. The number of carboxylic acids is 1. The van der Waals surface area contributed by atoms with Crippen LogP contribution in [-0.2, 0) is 16.1 Å². The zero-order chi connectivity index (χ0) is 18.9. The molecule has 8 heteroatoms. The third-order valence-electron chi connectivity index (χ3n) is 5.78. The highest BCUT2D eigenvalue weighted by Crippen LogP contribution is 2.41. The van der Waals surface area contributed by atoms with Crippen molar-refractivity contribution in [3.63, 3.8) is 0 Å². The minimum Gasteiger partial charge on any atom is -0.480 e. The van der Waals surface area contributed by atoms with Crippen LogP contribution in [0.15, 0.2) is 4.52 Å². The summed E-state index contributed by atoms with van der Waals surface area (Å²) in [5.41, 5.74) is 0.0362. The number of carbonyl (C=O) groups is 2. The maximum Gasteiger partial charge on any atom is 0.326 e. The summed E-state index contributed by atoms with van der Waals surface area (Å²) < 4.78 is 5.26. The molecule has 0 bridgehead atoms. The molecule has 2 saturated heterocycles. The predicted molar refractivity (Wildman–Crippen MR) is 93.4 cm³/mol. The fraction of sp³-hybridized carbons (Fsp3) is 0.778. The van der Waals surface area contributed by atoms with Crippen molar-refractivity contribution in [1.82, 2.24) is 19.9 Å². The fourth-order valence-electron chi connectivity index (χ4n) is 3.89. The van der Waals surface area contributed by atoms with Crippen LogP contribution in [0, 0.1) is 5.41 Å². The zero-order valence-corrected chi connectivity index (χ0v) is 15.8. The standard InChI is InChI=1S/C18H28N4O4/c1-12(2)16-19-14(20-26-16)10-21-8-6-18(7-9-21)5-4-15(23)22(11-18)13(3)17(24)25/h12-13H,4-11H2,1-3H3,(H,24,25)/t13-/m1/s1. The average Bonchev–Trinajstić information content (AvgIpc) is 3.07. The number of carbonyl (C=O) groups excluding carboxylic acids is 1. The molecule has 1 amide bonds. The highest BCUT2D eigenvalue weighted by atomic mass is 16.5. The second kappa shape index (κ2) is 7.34. The van der Waals surface area contributed by atoms with Gasteiger partial charge in [-0.25, -0.2) is 4.79 Å². The largest absolute Gasteiger partial charge is 0.480 e. The number of rotatable bonds is 5. The summed E-state index contributed by atoms with van der Waals surface area (Å²) in [5, 5.41) is 13.3. The van der Waals surface area contributed by atoms with Crippen LogP contribution >= 0.6 is 0 Å². The molecule has 1 aromatic rings. The van der Waals surface area contributed by atoms with Gasteiger partial charge in [-0.3, -0.25) is 9.69 Å². The smallest absolute Gasteiger partial charge is 0.326 e. The van der Waals surface area contributed by atoms with Gasteiger partial charge in [-0.2, -0.15) is 4.98 Å². The first-order valence-electron chi connectivity index (χ1n) is 9.37. The van der Waals surface area contributed by atoms with Gasteiger partial charge in [-0.1, -0.05) is 19.0 Å². The monoisotopic (exact) mass is 364 g/mol. The van der Waals surface area contributed by atoms with E-state index in [1.165, 1.54) is 0 Å². The van der Waals surface area contributed by atoms with Gasteiger partial charge >= 0.3 is 5.97 Å². The highest BCUT2D eigenvalue weighted by molar-refractivity contribution is 5.84. The number of nitrogens with zero attached hydrogens (tertiary/aromatic N) is 4. The molecule has 0 aliphatic carbocycles. The van der Waals surface area contributed by atoms with E-state index in [4.69, 9.17) is 4.52 Å². The number of likely N-dealkylation sites (tertiary alicyclic amines) is 2. The number of hydrogen-bond acceptors (Lipinski definition) is 6. The van der Waals surface area contributed by atoms with Crippen molar-refractivity contribution >= 4 is 11.9 Å². The Morgan fingerprint density at radius 2 is 1.96 bits per heavy atom. The molecule has 0 aromatic carbocycles. The normalized spacial score (nSPS) is 22.2. The molecule has 3 heterocycles. The van der Waals surface area contributed by atoms with Crippen LogP contribution in [0.25, 0.3) is 0 Å². The summed E-state index contributed by atoms with van der Waals surface area (Å²) in [6.45, 7) is 8.65. The summed E-state index contributed by atoms with van der Waals surface area (Å²) in [7, 11) is 0. The van der Waals surface area contributed by atoms with Crippen molar-refractivity contribution in [2.24, 2.45) is 5.41 Å². The molecule has 1 atom stereocenters. The number of aliphatic carboxylic acids is 1. The van der Waals surface area contributed by atoms with Crippen LogP contribution in [0.2, 0.25) is 0 Å². The topological polar surface area (TPSA) is 99.8 Å². The molecule has 0 saturated carbocycles. The minimum absolute atomic E-state index is 0.0362. The van der Waals surface area contributed by atoms with Gasteiger partial charge in [0.15, 0.2) is 5.82 Å². The molecular formula is C18H28N4O4. The Kier molecular flexibility index (Phi) is 5.32. The first kappa shape index (κ1) is 18.8. The second-order valence-corrected chi connectivity index (χ2v) is 8.02. The van der Waals surface area contributed by atoms with Crippen LogP contribution in [0.1, 0.15) is 64.1 Å². The number of hydrogen-bond donors (Lipinski definition) is 1. The van der Waals surface area contributed by atoms with Crippen molar-refractivity contribution < 1.29 is 19.2 Å². The second-order valence-electron chi connectivity index (χ2n) is 8.02. The fourth-order valence-corrected chi connectivity index (χ4v) is 3.89. The molecule has 2 aliphatic rings. The molecule has 8 nitrogen and oxygen atoms in total. The van der Waals surface area contributed by atoms with Crippen LogP contribution in [0.5, 0.6) is 0 Å². The minimum atomic E-state index is -0.939. The van der Waals surface area contributed by atoms with Crippen molar-refractivity contribution in [3.05, 3.63) is 11.7 Å². The van der Waals surface area contributed by atoms with E-state index in [0.717, 1.165) is 32.4 Å². The molecule has 1 spiro atoms. The Morgan fingerprint density at radius 3 is 2.54 bits per heavy atom. The van der Waals surface area contributed by atoms with Crippen molar-refractivity contribution in [2.45, 2.75) is 65.0 Å². The molecule has 144 valence electrons. The Balaban J connectivity index is 1.58. The number of aromatic nitrogens is 2. The summed E-state index contributed by atoms with van der Waals surface area (Å²) in [5.74, 6) is 0.622. The Morgan fingerprint density at radius 1 is 1.27 bits per heavy atom. The van der Waals surface area contributed by atoms with Crippen molar-refractivity contribution in [1.29, 1.82) is 0 Å². The Hall–Kier alpha value is -1.96. The third kappa shape index (κ3) is 3.90. The molecule has 26 heavy (non-hydrogen) atoms. The van der Waals surface area contributed by atoms with E-state index < -0.39 is 12.0 Å². The van der Waals surface area contributed by atoms with Crippen LogP contribution in [0.4, 0.5) is 0 Å². The van der Waals surface area contributed by atoms with Gasteiger partial charge in [0.25, 0.3) is 0 Å². The number of piperidine rings is 2. The Labute approximate surface area is 153 Å². The number of carboxylic acid groups (broad SMARTS) is 1. The van der Waals surface area contributed by atoms with E-state index in [9.17, 15) is 14.7 Å². The lowest BCUT2D eigenvalue weighted by molar-refractivity contribution is -0.155. The maximum absolute atomic E-state index is 12.2. The van der Waals surface area contributed by atoms with Crippen molar-refractivity contribution in [2.75, 3.05) is 19.6 Å². The van der Waals surface area contributed by atoms with Gasteiger partial charge in [0.05, 0.1) is 6.54 Å². The number of amides is 1. The van der Waals surface area contributed by atoms with E-state index in [1.807, 2.05) is 13.8 Å². The molecule has 2 aliphatic heterocycles. The SMILES string of the molecule is CC(C)c1nc(CN2CCC3(CCC(=O)N([C@H](C)C(=O)O)C3)CC2)no1. The molecule has 0 radical (unpaired) electrons. The first-order valence-corrected chi connectivity index (χ1v) is 9.37. The van der Waals surface area contributed by atoms with Crippen LogP contribution in [0.3, 0.4) is 0 Å². The average molecular weight is 364 g/mol. The molecule has 0 unspecified atom stereocenters. The van der Waals surface area contributed by atoms with Gasteiger partial charge in [0, 0.05) is 18.9 Å². The molecule has 1 aromatic heterocycles. The molecule has 3 rings (SSSR count). The van der Waals surface area contributed by atoms with E-state index >= 15 is 0 Å². The summed E-state index contributed by atoms with van der Waals surface area (Å²) in [6, 6.07) is -0.758. The Bertz CT molecular complexity index is 664. The summed E-state index contributed by atoms with van der Waals surface area (Å²) >= 11 is 0. The summed E-state index contributed by atoms with van der Waals surface area (Å²) in [6.07, 6.45) is 3.21. The van der Waals surface area contributed by atoms with E-state index in [2.05, 4.69) is 15.0 Å². The highest BCUT2D eigenvalue weighted by Gasteiger charge is 2.43. The van der Waals surface area contributed by atoms with Crippen LogP contribution < -0.4 is 0 Å². The van der Waals surface area contributed by atoms with Crippen LogP contribution in [-0.4, -0.2) is 62.6 Å². The predicted octanol–water partition coefficient (Wildman–Crippen LogP) is 1.87. The van der Waals surface area contributed by atoms with Gasteiger partial charge in [0.1, 0.15) is 6.04 Å². The lowest BCUT2D eigenvalue weighted by Gasteiger charge is -2.48. The zero-order valence-electron chi connectivity index (χ0n) is 15.8. The van der Waals surface area contributed by atoms with Crippen molar-refractivity contribution in [3.8, 4) is 0 Å². The maximum atomic E-state index is 12.2. The van der Waals surface area contributed by atoms with E-state index in [1.54, 1.807) is 11.8 Å². The van der Waals surface area contributed by atoms with Gasteiger partial charge in [0.2, 0.25) is 11.8 Å². The van der Waals surface area contributed by atoms with E-state index in [-0.39, 0.29) is 17.2 Å². The molecule has 1 N–H and O–H groups in total. The van der Waals surface area contributed by atoms with E-state index in [0.29, 0.717) is 31.2 Å². The quantitative estimate of drug-likeness (QED) is 0.851. The third-order valence-corrected chi connectivity index (χ3v) is 5.78. The van der Waals surface area contributed by atoms with Gasteiger partial charge in [-0.15, -0.1) is 0 Å². The first-order chi connectivity index (χ1) is 12.3. The molecular weight excluding hydrogens is 336 g/mol. The lowest BCUT2D eigenvalue weighted by Crippen LogP contribution is -2.55.